The van der Waals surface area contributed by atoms with E-state index in [1.165, 1.54) is 12.1 Å². The normalized spacial score (nSPS) is 12.3. The van der Waals surface area contributed by atoms with Crippen molar-refractivity contribution in [2.24, 2.45) is 17.6 Å². The summed E-state index contributed by atoms with van der Waals surface area (Å²) in [6.07, 6.45) is 0. The Morgan fingerprint density at radius 2 is 1.95 bits per heavy atom. The van der Waals surface area contributed by atoms with Crippen molar-refractivity contribution in [1.82, 2.24) is 4.90 Å². The molecule has 1 aromatic rings. The van der Waals surface area contributed by atoms with Crippen LogP contribution in [0.3, 0.4) is 0 Å². The van der Waals surface area contributed by atoms with Crippen molar-refractivity contribution in [1.29, 1.82) is 0 Å². The molecule has 112 valence electrons. The maximum absolute atomic E-state index is 12.7. The van der Waals surface area contributed by atoms with Gasteiger partial charge in [0.1, 0.15) is 18.2 Å². The summed E-state index contributed by atoms with van der Waals surface area (Å²) in [6, 6.07) is 5.81. The quantitative estimate of drug-likeness (QED) is 0.831. The highest BCUT2D eigenvalue weighted by Crippen LogP contribution is 2.13. The zero-order valence-electron chi connectivity index (χ0n) is 12.3. The van der Waals surface area contributed by atoms with Gasteiger partial charge in [0.25, 0.3) is 0 Å². The van der Waals surface area contributed by atoms with E-state index in [2.05, 4.69) is 0 Å². The molecule has 0 aliphatic carbocycles. The van der Waals surface area contributed by atoms with Crippen molar-refractivity contribution in [2.45, 2.75) is 13.8 Å². The minimum atomic E-state index is -0.299. The number of carbonyl (C=O) groups excluding carboxylic acids is 1. The number of hydrogen-bond donors (Lipinski definition) is 1. The average molecular weight is 282 g/mol. The summed E-state index contributed by atoms with van der Waals surface area (Å²) in [5, 5.41) is 0. The lowest BCUT2D eigenvalue weighted by Crippen LogP contribution is -2.40. The average Bonchev–Trinajstić information content (AvgIpc) is 2.41. The van der Waals surface area contributed by atoms with Crippen molar-refractivity contribution in [3.05, 3.63) is 30.1 Å². The van der Waals surface area contributed by atoms with E-state index >= 15 is 0 Å². The maximum atomic E-state index is 12.7. The van der Waals surface area contributed by atoms with Gasteiger partial charge in [-0.3, -0.25) is 4.79 Å². The molecular formula is C15H23FN2O2. The first-order chi connectivity index (χ1) is 9.45. The first kappa shape index (κ1) is 16.4. The number of halogens is 1. The van der Waals surface area contributed by atoms with E-state index in [9.17, 15) is 9.18 Å². The summed E-state index contributed by atoms with van der Waals surface area (Å²) >= 11 is 0. The summed E-state index contributed by atoms with van der Waals surface area (Å²) in [5.74, 6) is 0.378. The molecule has 1 aromatic carbocycles. The van der Waals surface area contributed by atoms with Crippen molar-refractivity contribution < 1.29 is 13.9 Å². The summed E-state index contributed by atoms with van der Waals surface area (Å²) < 4.78 is 18.2. The lowest BCUT2D eigenvalue weighted by atomic mass is 9.94. The number of rotatable bonds is 7. The van der Waals surface area contributed by atoms with Crippen molar-refractivity contribution >= 4 is 5.91 Å². The lowest BCUT2D eigenvalue weighted by molar-refractivity contribution is -0.135. The second kappa shape index (κ2) is 7.85. The number of ether oxygens (including phenoxy) is 1. The Morgan fingerprint density at radius 1 is 1.35 bits per heavy atom. The van der Waals surface area contributed by atoms with Gasteiger partial charge in [0.05, 0.1) is 12.5 Å². The van der Waals surface area contributed by atoms with Gasteiger partial charge in [0.15, 0.2) is 0 Å². The van der Waals surface area contributed by atoms with Crippen LogP contribution >= 0.6 is 0 Å². The van der Waals surface area contributed by atoms with E-state index in [4.69, 9.17) is 10.5 Å². The van der Waals surface area contributed by atoms with Crippen LogP contribution in [0.1, 0.15) is 13.8 Å². The molecule has 5 heteroatoms. The standard InChI is InChI=1S/C15H23FN2O2/c1-11(2)14(10-17)15(19)18(3)8-9-20-13-6-4-12(16)5-7-13/h4-7,11,14H,8-10,17H2,1-3H3. The van der Waals surface area contributed by atoms with Crippen LogP contribution in [0.25, 0.3) is 0 Å². The Balaban J connectivity index is 2.41. The molecule has 0 saturated heterocycles. The Bertz CT molecular complexity index is 420. The second-order valence-electron chi connectivity index (χ2n) is 5.15. The van der Waals surface area contributed by atoms with Crippen molar-refractivity contribution in [2.75, 3.05) is 26.7 Å². The Morgan fingerprint density at radius 3 is 2.45 bits per heavy atom. The fourth-order valence-corrected chi connectivity index (χ4v) is 1.88. The third-order valence-electron chi connectivity index (χ3n) is 3.26. The molecule has 0 aliphatic heterocycles. The van der Waals surface area contributed by atoms with Gasteiger partial charge in [0, 0.05) is 13.6 Å². The number of likely N-dealkylation sites (N-methyl/N-ethyl adjacent to an activating group) is 1. The smallest absolute Gasteiger partial charge is 0.227 e. The molecule has 0 fully saturated rings. The molecular weight excluding hydrogens is 259 g/mol. The molecule has 20 heavy (non-hydrogen) atoms. The van der Waals surface area contributed by atoms with Gasteiger partial charge in [-0.05, 0) is 30.2 Å². The lowest BCUT2D eigenvalue weighted by Gasteiger charge is -2.25. The van der Waals surface area contributed by atoms with E-state index in [1.54, 1.807) is 24.1 Å². The van der Waals surface area contributed by atoms with Crippen molar-refractivity contribution in [3.8, 4) is 5.75 Å². The van der Waals surface area contributed by atoms with Gasteiger partial charge in [-0.25, -0.2) is 4.39 Å². The van der Waals surface area contributed by atoms with Crippen LogP contribution in [-0.2, 0) is 4.79 Å². The molecule has 0 spiro atoms. The fraction of sp³-hybridized carbons (Fsp3) is 0.533. The largest absolute Gasteiger partial charge is 0.492 e. The summed E-state index contributed by atoms with van der Waals surface area (Å²) in [5.41, 5.74) is 5.63. The monoisotopic (exact) mass is 282 g/mol. The van der Waals surface area contributed by atoms with Gasteiger partial charge in [0.2, 0.25) is 5.91 Å². The maximum Gasteiger partial charge on any atom is 0.227 e. The molecule has 0 bridgehead atoms. The van der Waals surface area contributed by atoms with Gasteiger partial charge in [-0.2, -0.15) is 0 Å². The zero-order chi connectivity index (χ0) is 15.1. The second-order valence-corrected chi connectivity index (χ2v) is 5.15. The Hall–Kier alpha value is -1.62. The number of benzene rings is 1. The number of nitrogens with zero attached hydrogens (tertiary/aromatic N) is 1. The van der Waals surface area contributed by atoms with Crippen LogP contribution in [-0.4, -0.2) is 37.6 Å². The van der Waals surface area contributed by atoms with Crippen LogP contribution in [0.4, 0.5) is 4.39 Å². The topological polar surface area (TPSA) is 55.6 Å². The van der Waals surface area contributed by atoms with E-state index in [0.717, 1.165) is 0 Å². The molecule has 2 N–H and O–H groups in total. The first-order valence-corrected chi connectivity index (χ1v) is 6.79. The van der Waals surface area contributed by atoms with E-state index in [-0.39, 0.29) is 23.6 Å². The highest BCUT2D eigenvalue weighted by molar-refractivity contribution is 5.79. The summed E-state index contributed by atoms with van der Waals surface area (Å²) in [6.45, 7) is 5.15. The highest BCUT2D eigenvalue weighted by atomic mass is 19.1. The zero-order valence-corrected chi connectivity index (χ0v) is 12.3. The van der Waals surface area contributed by atoms with Gasteiger partial charge >= 0.3 is 0 Å². The number of nitrogens with two attached hydrogens (primary N) is 1. The number of hydrogen-bond acceptors (Lipinski definition) is 3. The Kier molecular flexibility index (Phi) is 6.45. The first-order valence-electron chi connectivity index (χ1n) is 6.79. The van der Waals surface area contributed by atoms with Crippen LogP contribution in [0.15, 0.2) is 24.3 Å². The van der Waals surface area contributed by atoms with Crippen LogP contribution in [0, 0.1) is 17.7 Å². The van der Waals surface area contributed by atoms with Gasteiger partial charge in [-0.1, -0.05) is 13.8 Å². The van der Waals surface area contributed by atoms with E-state index in [0.29, 0.717) is 25.4 Å². The van der Waals surface area contributed by atoms with Gasteiger partial charge in [-0.15, -0.1) is 0 Å². The van der Waals surface area contributed by atoms with Crippen LogP contribution in [0.5, 0.6) is 5.75 Å². The summed E-state index contributed by atoms with van der Waals surface area (Å²) in [7, 11) is 1.74. The SMILES string of the molecule is CC(C)C(CN)C(=O)N(C)CCOc1ccc(F)cc1. The van der Waals surface area contributed by atoms with E-state index in [1.807, 2.05) is 13.8 Å². The minimum Gasteiger partial charge on any atom is -0.492 e. The number of carbonyl (C=O) groups is 1. The molecule has 0 aliphatic rings. The van der Waals surface area contributed by atoms with E-state index < -0.39 is 0 Å². The molecule has 4 nitrogen and oxygen atoms in total. The van der Waals surface area contributed by atoms with Gasteiger partial charge < -0.3 is 15.4 Å². The third kappa shape index (κ3) is 4.81. The predicted octanol–water partition coefficient (Wildman–Crippen LogP) is 1.89. The molecule has 0 heterocycles. The van der Waals surface area contributed by atoms with Crippen LogP contribution < -0.4 is 10.5 Å². The molecule has 1 rings (SSSR count). The third-order valence-corrected chi connectivity index (χ3v) is 3.26. The molecule has 0 radical (unpaired) electrons. The molecule has 0 saturated carbocycles. The molecule has 0 aromatic heterocycles. The highest BCUT2D eigenvalue weighted by Gasteiger charge is 2.23. The molecule has 1 atom stereocenters. The minimum absolute atomic E-state index is 0.0326. The molecule has 1 amide bonds. The van der Waals surface area contributed by atoms with Crippen LogP contribution in [0.2, 0.25) is 0 Å². The molecule has 1 unspecified atom stereocenters. The fourth-order valence-electron chi connectivity index (χ4n) is 1.88. The Labute approximate surface area is 119 Å². The summed E-state index contributed by atoms with van der Waals surface area (Å²) in [4.78, 5) is 13.8. The predicted molar refractivity (Wildman–Crippen MR) is 76.9 cm³/mol. The van der Waals surface area contributed by atoms with Crippen molar-refractivity contribution in [3.63, 3.8) is 0 Å². The number of amides is 1.